The Kier molecular flexibility index (Phi) is 6.05. The molecule has 3 amide bonds. The first-order chi connectivity index (χ1) is 13.4. The molecule has 0 fully saturated rings. The lowest BCUT2D eigenvalue weighted by Crippen LogP contribution is -2.35. The maximum Gasteiger partial charge on any atom is 0.325 e. The van der Waals surface area contributed by atoms with E-state index in [-0.39, 0.29) is 16.7 Å². The number of anilines is 1. The van der Waals surface area contributed by atoms with Gasteiger partial charge < -0.3 is 9.73 Å². The van der Waals surface area contributed by atoms with Crippen LogP contribution in [0.1, 0.15) is 11.1 Å². The first-order valence-electron chi connectivity index (χ1n) is 8.31. The van der Waals surface area contributed by atoms with Crippen LogP contribution in [0.5, 0.6) is 0 Å². The second-order valence-electron chi connectivity index (χ2n) is 6.02. The van der Waals surface area contributed by atoms with Gasteiger partial charge in [-0.1, -0.05) is 41.1 Å². The van der Waals surface area contributed by atoms with Gasteiger partial charge in [0.2, 0.25) is 11.8 Å². The largest absolute Gasteiger partial charge is 0.411 e. The molecule has 1 heterocycles. The van der Waals surface area contributed by atoms with Crippen LogP contribution in [0, 0.1) is 19.7 Å². The summed E-state index contributed by atoms with van der Waals surface area (Å²) in [5.41, 5.74) is 2.92. The van der Waals surface area contributed by atoms with E-state index in [1.807, 2.05) is 32.0 Å². The molecular formula is C19H17FN4O3S. The van der Waals surface area contributed by atoms with Crippen molar-refractivity contribution < 1.29 is 18.4 Å². The number of thioether (sulfide) groups is 1. The van der Waals surface area contributed by atoms with Gasteiger partial charge in [-0.2, -0.15) is 0 Å². The number of carbonyl (C=O) groups excluding carboxylic acids is 2. The van der Waals surface area contributed by atoms with E-state index < -0.39 is 17.8 Å². The molecule has 7 nitrogen and oxygen atoms in total. The van der Waals surface area contributed by atoms with Crippen molar-refractivity contribution in [2.45, 2.75) is 19.1 Å². The molecule has 1 aromatic heterocycles. The maximum atomic E-state index is 13.5. The van der Waals surface area contributed by atoms with E-state index in [1.54, 1.807) is 6.07 Å². The zero-order valence-electron chi connectivity index (χ0n) is 15.2. The maximum absolute atomic E-state index is 13.5. The van der Waals surface area contributed by atoms with E-state index in [1.165, 1.54) is 18.2 Å². The molecule has 28 heavy (non-hydrogen) atoms. The highest BCUT2D eigenvalue weighted by molar-refractivity contribution is 7.99. The Morgan fingerprint density at radius 3 is 2.54 bits per heavy atom. The average Bonchev–Trinajstić information content (AvgIpc) is 3.10. The molecule has 2 aromatic carbocycles. The number of nitrogens with zero attached hydrogens (tertiary/aromatic N) is 2. The topological polar surface area (TPSA) is 97.1 Å². The molecule has 2 N–H and O–H groups in total. The number of hydrogen-bond acceptors (Lipinski definition) is 6. The van der Waals surface area contributed by atoms with Crippen molar-refractivity contribution in [2.24, 2.45) is 0 Å². The predicted octanol–water partition coefficient (Wildman–Crippen LogP) is 3.93. The Morgan fingerprint density at radius 2 is 1.82 bits per heavy atom. The summed E-state index contributed by atoms with van der Waals surface area (Å²) in [6, 6.07) is 10.7. The number of amides is 3. The number of halogens is 1. The fourth-order valence-electron chi connectivity index (χ4n) is 2.49. The molecular weight excluding hydrogens is 383 g/mol. The lowest BCUT2D eigenvalue weighted by atomic mass is 10.1. The Hall–Kier alpha value is -3.20. The lowest BCUT2D eigenvalue weighted by Gasteiger charge is -2.06. The van der Waals surface area contributed by atoms with Crippen LogP contribution in [0.2, 0.25) is 0 Å². The molecule has 0 aliphatic carbocycles. The number of aromatic nitrogens is 2. The number of benzene rings is 2. The Balaban J connectivity index is 1.53. The number of nitrogens with one attached hydrogen (secondary N) is 2. The van der Waals surface area contributed by atoms with Crippen LogP contribution in [0.3, 0.4) is 0 Å². The molecule has 0 aliphatic rings. The number of aryl methyl sites for hydroxylation is 2. The summed E-state index contributed by atoms with van der Waals surface area (Å²) in [6.07, 6.45) is 0. The summed E-state index contributed by atoms with van der Waals surface area (Å²) in [5, 5.41) is 12.5. The molecule has 144 valence electrons. The minimum absolute atomic E-state index is 0.0181. The van der Waals surface area contributed by atoms with Crippen LogP contribution in [-0.2, 0) is 4.79 Å². The minimum atomic E-state index is -0.822. The quantitative estimate of drug-likeness (QED) is 0.630. The molecule has 0 spiro atoms. The number of carbonyl (C=O) groups is 2. The zero-order valence-corrected chi connectivity index (χ0v) is 16.0. The SMILES string of the molecule is Cc1cc(C)cc(-c2nnc(SCC(=O)NC(=O)Nc3ccccc3F)o2)c1. The van der Waals surface area contributed by atoms with Crippen LogP contribution in [0.15, 0.2) is 52.1 Å². The molecule has 0 radical (unpaired) electrons. The fraction of sp³-hybridized carbons (Fsp3) is 0.158. The van der Waals surface area contributed by atoms with Gasteiger partial charge in [0.05, 0.1) is 11.4 Å². The summed E-state index contributed by atoms with van der Waals surface area (Å²) >= 11 is 0.997. The summed E-state index contributed by atoms with van der Waals surface area (Å²) in [6.45, 7) is 3.94. The van der Waals surface area contributed by atoms with Crippen molar-refractivity contribution in [3.8, 4) is 11.5 Å². The molecule has 9 heteroatoms. The highest BCUT2D eigenvalue weighted by atomic mass is 32.2. The highest BCUT2D eigenvalue weighted by Crippen LogP contribution is 2.24. The van der Waals surface area contributed by atoms with Crippen molar-refractivity contribution in [2.75, 3.05) is 11.1 Å². The summed E-state index contributed by atoms with van der Waals surface area (Å²) < 4.78 is 19.0. The van der Waals surface area contributed by atoms with E-state index in [0.29, 0.717) is 5.89 Å². The van der Waals surface area contributed by atoms with E-state index in [0.717, 1.165) is 28.5 Å². The van der Waals surface area contributed by atoms with Gasteiger partial charge >= 0.3 is 6.03 Å². The minimum Gasteiger partial charge on any atom is -0.411 e. The molecule has 0 atom stereocenters. The molecule has 3 rings (SSSR count). The normalized spacial score (nSPS) is 10.5. The Labute approximate surface area is 164 Å². The third kappa shape index (κ3) is 5.17. The van der Waals surface area contributed by atoms with Gasteiger partial charge in [-0.05, 0) is 38.1 Å². The molecule has 0 bridgehead atoms. The standard InChI is InChI=1S/C19H17FN4O3S/c1-11-7-12(2)9-13(8-11)17-23-24-19(27-17)28-10-16(25)22-18(26)21-15-6-4-3-5-14(15)20/h3-9H,10H2,1-2H3,(H2,21,22,25,26). The first kappa shape index (κ1) is 19.6. The van der Waals surface area contributed by atoms with Gasteiger partial charge in [-0.15, -0.1) is 10.2 Å². The van der Waals surface area contributed by atoms with Crippen molar-refractivity contribution >= 4 is 29.4 Å². The van der Waals surface area contributed by atoms with Crippen molar-refractivity contribution in [3.63, 3.8) is 0 Å². The van der Waals surface area contributed by atoms with E-state index in [9.17, 15) is 14.0 Å². The molecule has 0 saturated heterocycles. The molecule has 0 aliphatic heterocycles. The van der Waals surface area contributed by atoms with Crippen LogP contribution in [0.4, 0.5) is 14.9 Å². The molecule has 3 aromatic rings. The molecule has 0 saturated carbocycles. The fourth-order valence-corrected chi connectivity index (χ4v) is 3.05. The number of rotatable bonds is 5. The Bertz CT molecular complexity index is 1000. The number of imide groups is 1. The van der Waals surface area contributed by atoms with Gasteiger partial charge in [0.1, 0.15) is 5.82 Å². The second kappa shape index (κ2) is 8.66. The van der Waals surface area contributed by atoms with Crippen LogP contribution in [-0.4, -0.2) is 27.9 Å². The van der Waals surface area contributed by atoms with Crippen LogP contribution < -0.4 is 10.6 Å². The molecule has 0 unspecified atom stereocenters. The average molecular weight is 400 g/mol. The number of urea groups is 1. The number of hydrogen-bond donors (Lipinski definition) is 2. The zero-order chi connectivity index (χ0) is 20.1. The highest BCUT2D eigenvalue weighted by Gasteiger charge is 2.14. The van der Waals surface area contributed by atoms with Gasteiger partial charge in [0, 0.05) is 5.56 Å². The van der Waals surface area contributed by atoms with Gasteiger partial charge in [0.25, 0.3) is 5.22 Å². The van der Waals surface area contributed by atoms with E-state index in [4.69, 9.17) is 4.42 Å². The van der Waals surface area contributed by atoms with Gasteiger partial charge in [0.15, 0.2) is 0 Å². The summed E-state index contributed by atoms with van der Waals surface area (Å²) in [4.78, 5) is 23.7. The summed E-state index contributed by atoms with van der Waals surface area (Å²) in [7, 11) is 0. The second-order valence-corrected chi connectivity index (χ2v) is 6.95. The number of para-hydroxylation sites is 1. The summed E-state index contributed by atoms with van der Waals surface area (Å²) in [5.74, 6) is -0.930. The third-order valence-corrected chi connectivity index (χ3v) is 4.40. The monoisotopic (exact) mass is 400 g/mol. The lowest BCUT2D eigenvalue weighted by molar-refractivity contribution is -0.117. The van der Waals surface area contributed by atoms with Crippen molar-refractivity contribution in [1.82, 2.24) is 15.5 Å². The smallest absolute Gasteiger partial charge is 0.325 e. The van der Waals surface area contributed by atoms with Crippen LogP contribution >= 0.6 is 11.8 Å². The van der Waals surface area contributed by atoms with E-state index >= 15 is 0 Å². The van der Waals surface area contributed by atoms with E-state index in [2.05, 4.69) is 20.8 Å². The van der Waals surface area contributed by atoms with Crippen molar-refractivity contribution in [3.05, 3.63) is 59.4 Å². The van der Waals surface area contributed by atoms with Crippen LogP contribution in [0.25, 0.3) is 11.5 Å². The van der Waals surface area contributed by atoms with Gasteiger partial charge in [-0.3, -0.25) is 10.1 Å². The Morgan fingerprint density at radius 1 is 1.11 bits per heavy atom. The third-order valence-electron chi connectivity index (χ3n) is 3.58. The first-order valence-corrected chi connectivity index (χ1v) is 9.29. The van der Waals surface area contributed by atoms with Crippen molar-refractivity contribution in [1.29, 1.82) is 0 Å². The van der Waals surface area contributed by atoms with Gasteiger partial charge in [-0.25, -0.2) is 9.18 Å². The predicted molar refractivity (Wildman–Crippen MR) is 103 cm³/mol.